The van der Waals surface area contributed by atoms with Crippen LogP contribution in [0.25, 0.3) is 21.9 Å². The summed E-state index contributed by atoms with van der Waals surface area (Å²) >= 11 is 0. The number of hydrogen-bond acceptors (Lipinski definition) is 2. The van der Waals surface area contributed by atoms with Crippen molar-refractivity contribution in [2.24, 2.45) is 0 Å². The van der Waals surface area contributed by atoms with E-state index in [1.165, 1.54) is 43.7 Å². The van der Waals surface area contributed by atoms with Gasteiger partial charge >= 0.3 is 0 Å². The molecule has 28 heavy (non-hydrogen) atoms. The molecule has 1 fully saturated rings. The molecule has 0 bridgehead atoms. The fourth-order valence-corrected chi connectivity index (χ4v) is 4.58. The second kappa shape index (κ2) is 6.97. The Hall–Kier alpha value is -2.81. The van der Waals surface area contributed by atoms with Gasteiger partial charge in [0.2, 0.25) is 0 Å². The zero-order chi connectivity index (χ0) is 19.1. The first-order valence-electron chi connectivity index (χ1n) is 10.2. The number of hydrogen-bond donors (Lipinski definition) is 0. The maximum atomic E-state index is 14.2. The molecule has 5 rings (SSSR count). The summed E-state index contributed by atoms with van der Waals surface area (Å²) < 4.78 is 20.2. The zero-order valence-electron chi connectivity index (χ0n) is 16.1. The van der Waals surface area contributed by atoms with Crippen molar-refractivity contribution < 1.29 is 8.81 Å². The second-order valence-corrected chi connectivity index (χ2v) is 7.86. The minimum absolute atomic E-state index is 0.320. The Morgan fingerprint density at radius 1 is 0.821 bits per heavy atom. The molecule has 0 saturated heterocycles. The van der Waals surface area contributed by atoms with Crippen LogP contribution in [0.4, 0.5) is 15.8 Å². The molecule has 0 unspecified atom stereocenters. The highest BCUT2D eigenvalue weighted by Crippen LogP contribution is 2.39. The van der Waals surface area contributed by atoms with Gasteiger partial charge in [-0.15, -0.1) is 0 Å². The van der Waals surface area contributed by atoms with Gasteiger partial charge in [0.1, 0.15) is 0 Å². The summed E-state index contributed by atoms with van der Waals surface area (Å²) in [6, 6.07) is 20.0. The summed E-state index contributed by atoms with van der Waals surface area (Å²) in [7, 11) is 2.04. The molecule has 1 saturated carbocycles. The Morgan fingerprint density at radius 2 is 1.50 bits per heavy atom. The second-order valence-electron chi connectivity index (χ2n) is 7.86. The number of fused-ring (bicyclic) bond motifs is 3. The normalized spacial score (nSPS) is 15.4. The first kappa shape index (κ1) is 17.3. The summed E-state index contributed by atoms with van der Waals surface area (Å²) in [5.74, 6) is 0.383. The van der Waals surface area contributed by atoms with Crippen LogP contribution < -0.4 is 4.90 Å². The third-order valence-corrected chi connectivity index (χ3v) is 6.17. The van der Waals surface area contributed by atoms with Gasteiger partial charge in [0.15, 0.2) is 17.0 Å². The first-order valence-corrected chi connectivity index (χ1v) is 10.2. The van der Waals surface area contributed by atoms with E-state index >= 15 is 0 Å². The number of halogens is 1. The van der Waals surface area contributed by atoms with Crippen LogP contribution in [-0.2, 0) is 0 Å². The fraction of sp³-hybridized carbons (Fsp3) is 0.280. The molecular formula is C25H24FNO. The molecule has 3 heteroatoms. The number of nitrogens with zero attached hydrogens (tertiary/aromatic N) is 1. The Labute approximate surface area is 164 Å². The van der Waals surface area contributed by atoms with Gasteiger partial charge in [-0.25, -0.2) is 4.39 Å². The average Bonchev–Trinajstić information content (AvgIpc) is 3.14. The van der Waals surface area contributed by atoms with Crippen LogP contribution in [0.15, 0.2) is 65.1 Å². The number of anilines is 2. The minimum Gasteiger partial charge on any atom is -0.451 e. The van der Waals surface area contributed by atoms with Crippen LogP contribution in [0.1, 0.15) is 43.6 Å². The maximum absolute atomic E-state index is 14.2. The third kappa shape index (κ3) is 2.86. The SMILES string of the molecule is CN(c1ccc(C2CCCCC2)cc1)c1cccc2c1oc1c(F)cccc12. The molecule has 1 aromatic heterocycles. The maximum Gasteiger partial charge on any atom is 0.171 e. The van der Waals surface area contributed by atoms with E-state index in [1.54, 1.807) is 6.07 Å². The molecule has 0 amide bonds. The van der Waals surface area contributed by atoms with Crippen LogP contribution in [0.2, 0.25) is 0 Å². The quantitative estimate of drug-likeness (QED) is 0.369. The minimum atomic E-state index is -0.320. The Morgan fingerprint density at radius 3 is 2.25 bits per heavy atom. The number of benzene rings is 3. The molecular weight excluding hydrogens is 349 g/mol. The van der Waals surface area contributed by atoms with Gasteiger partial charge in [0.25, 0.3) is 0 Å². The van der Waals surface area contributed by atoms with Crippen molar-refractivity contribution in [3.05, 3.63) is 72.0 Å². The van der Waals surface area contributed by atoms with Gasteiger partial charge in [0.05, 0.1) is 5.69 Å². The molecule has 1 aliphatic carbocycles. The zero-order valence-corrected chi connectivity index (χ0v) is 16.1. The molecule has 0 atom stereocenters. The summed E-state index contributed by atoms with van der Waals surface area (Å²) in [4.78, 5) is 2.12. The molecule has 0 aliphatic heterocycles. The highest BCUT2D eigenvalue weighted by atomic mass is 19.1. The van der Waals surface area contributed by atoms with Gasteiger partial charge in [0, 0.05) is 23.5 Å². The van der Waals surface area contributed by atoms with Gasteiger partial charge in [-0.1, -0.05) is 55.7 Å². The molecule has 0 radical (unpaired) electrons. The summed E-state index contributed by atoms with van der Waals surface area (Å²) in [5, 5.41) is 1.76. The fourth-order valence-electron chi connectivity index (χ4n) is 4.58. The van der Waals surface area contributed by atoms with Crippen LogP contribution in [-0.4, -0.2) is 7.05 Å². The summed E-state index contributed by atoms with van der Waals surface area (Å²) in [6.45, 7) is 0. The molecule has 1 heterocycles. The van der Waals surface area contributed by atoms with Crippen molar-refractivity contribution in [1.82, 2.24) is 0 Å². The standard InChI is InChI=1S/C25H24FNO/c1-27(19-15-13-18(14-16-19)17-7-3-2-4-8-17)23-12-6-10-21-20-9-5-11-22(26)24(20)28-25(21)23/h5-6,9-17H,2-4,7-8H2,1H3. The Balaban J connectivity index is 1.52. The monoisotopic (exact) mass is 373 g/mol. The van der Waals surface area contributed by atoms with E-state index in [2.05, 4.69) is 29.2 Å². The van der Waals surface area contributed by atoms with Gasteiger partial charge in [-0.2, -0.15) is 0 Å². The molecule has 1 aliphatic rings. The Bertz CT molecular complexity index is 1120. The van der Waals surface area contributed by atoms with Crippen molar-refractivity contribution >= 4 is 33.3 Å². The summed E-state index contributed by atoms with van der Waals surface area (Å²) in [5.41, 5.74) is 4.54. The van der Waals surface area contributed by atoms with Gasteiger partial charge in [-0.3, -0.25) is 0 Å². The number of furan rings is 1. The number of para-hydroxylation sites is 2. The lowest BCUT2D eigenvalue weighted by atomic mass is 9.84. The van der Waals surface area contributed by atoms with E-state index in [9.17, 15) is 4.39 Å². The molecule has 0 N–H and O–H groups in total. The van der Waals surface area contributed by atoms with Gasteiger partial charge < -0.3 is 9.32 Å². The van der Waals surface area contributed by atoms with Crippen LogP contribution in [0.3, 0.4) is 0 Å². The summed E-state index contributed by atoms with van der Waals surface area (Å²) in [6.07, 6.45) is 6.67. The van der Waals surface area contributed by atoms with Crippen LogP contribution in [0, 0.1) is 5.82 Å². The van der Waals surface area contributed by atoms with E-state index in [1.807, 2.05) is 31.3 Å². The Kier molecular flexibility index (Phi) is 4.31. The van der Waals surface area contributed by atoms with E-state index in [4.69, 9.17) is 4.42 Å². The molecule has 142 valence electrons. The lowest BCUT2D eigenvalue weighted by Crippen LogP contribution is -2.10. The number of rotatable bonds is 3. The highest BCUT2D eigenvalue weighted by molar-refractivity contribution is 6.09. The van der Waals surface area contributed by atoms with Crippen LogP contribution in [0.5, 0.6) is 0 Å². The predicted octanol–water partition coefficient (Wildman–Crippen LogP) is 7.54. The molecule has 4 aromatic rings. The largest absolute Gasteiger partial charge is 0.451 e. The lowest BCUT2D eigenvalue weighted by molar-refractivity contribution is 0.443. The van der Waals surface area contributed by atoms with Crippen molar-refractivity contribution in [3.8, 4) is 0 Å². The smallest absolute Gasteiger partial charge is 0.171 e. The van der Waals surface area contributed by atoms with E-state index in [0.29, 0.717) is 11.5 Å². The molecule has 0 spiro atoms. The van der Waals surface area contributed by atoms with E-state index < -0.39 is 0 Å². The van der Waals surface area contributed by atoms with Crippen molar-refractivity contribution in [3.63, 3.8) is 0 Å². The van der Waals surface area contributed by atoms with Crippen molar-refractivity contribution in [2.75, 3.05) is 11.9 Å². The van der Waals surface area contributed by atoms with E-state index in [-0.39, 0.29) is 5.82 Å². The van der Waals surface area contributed by atoms with Crippen LogP contribution >= 0.6 is 0 Å². The van der Waals surface area contributed by atoms with Crippen molar-refractivity contribution in [1.29, 1.82) is 0 Å². The highest BCUT2D eigenvalue weighted by Gasteiger charge is 2.18. The third-order valence-electron chi connectivity index (χ3n) is 6.17. The molecule has 3 aromatic carbocycles. The van der Waals surface area contributed by atoms with Gasteiger partial charge in [-0.05, 0) is 48.6 Å². The predicted molar refractivity (Wildman–Crippen MR) is 114 cm³/mol. The first-order chi connectivity index (χ1) is 13.7. The molecule has 2 nitrogen and oxygen atoms in total. The van der Waals surface area contributed by atoms with E-state index in [0.717, 1.165) is 27.7 Å². The van der Waals surface area contributed by atoms with Crippen molar-refractivity contribution in [2.45, 2.75) is 38.0 Å². The lowest BCUT2D eigenvalue weighted by Gasteiger charge is -2.24. The average molecular weight is 373 g/mol. The topological polar surface area (TPSA) is 16.4 Å².